The number of hydrogen-bond donors (Lipinski definition) is 1. The van der Waals surface area contributed by atoms with E-state index in [4.69, 9.17) is 0 Å². The van der Waals surface area contributed by atoms with Crippen LogP contribution in [-0.4, -0.2) is 10.3 Å². The zero-order chi connectivity index (χ0) is 13.2. The molecule has 0 saturated carbocycles. The second-order valence-corrected chi connectivity index (χ2v) is 4.24. The lowest BCUT2D eigenvalue weighted by molar-refractivity contribution is -0.137. The fraction of sp³-hybridized carbons (Fsp3) is 0.0909. The highest BCUT2D eigenvalue weighted by Gasteiger charge is 2.30. The first-order valence-corrected chi connectivity index (χ1v) is 5.63. The van der Waals surface area contributed by atoms with Crippen molar-refractivity contribution >= 4 is 23.1 Å². The third-order valence-electron chi connectivity index (χ3n) is 2.11. The summed E-state index contributed by atoms with van der Waals surface area (Å²) in [4.78, 5) is 12.0. The number of aromatic nitrogens is 1. The van der Waals surface area contributed by atoms with Gasteiger partial charge >= 0.3 is 6.18 Å². The average molecular weight is 272 g/mol. The molecule has 0 unspecified atom stereocenters. The Morgan fingerprint density at radius 3 is 2.67 bits per heavy atom. The van der Waals surface area contributed by atoms with E-state index in [1.165, 1.54) is 24.4 Å². The fourth-order valence-electron chi connectivity index (χ4n) is 1.30. The van der Waals surface area contributed by atoms with Crippen molar-refractivity contribution < 1.29 is 18.0 Å². The summed E-state index contributed by atoms with van der Waals surface area (Å²) in [5, 5.41) is 2.39. The van der Waals surface area contributed by atoms with Gasteiger partial charge in [0, 0.05) is 11.9 Å². The summed E-state index contributed by atoms with van der Waals surface area (Å²) in [6.07, 6.45) is -2.98. The highest BCUT2D eigenvalue weighted by atomic mass is 32.1. The van der Waals surface area contributed by atoms with E-state index in [-0.39, 0.29) is 5.69 Å². The molecule has 0 aliphatic carbocycles. The summed E-state index contributed by atoms with van der Waals surface area (Å²) >= 11 is 0.976. The molecule has 2 rings (SSSR count). The first kappa shape index (κ1) is 12.6. The molecule has 0 bridgehead atoms. The minimum Gasteiger partial charge on any atom is -0.321 e. The van der Waals surface area contributed by atoms with E-state index in [0.717, 1.165) is 23.7 Å². The Hall–Kier alpha value is -1.89. The van der Waals surface area contributed by atoms with Gasteiger partial charge in [-0.05, 0) is 35.8 Å². The molecule has 1 heterocycles. The topological polar surface area (TPSA) is 42.0 Å². The van der Waals surface area contributed by atoms with Crippen molar-refractivity contribution in [1.82, 2.24) is 4.37 Å². The van der Waals surface area contributed by atoms with Gasteiger partial charge in [-0.15, -0.1) is 0 Å². The van der Waals surface area contributed by atoms with E-state index >= 15 is 0 Å². The molecule has 7 heteroatoms. The van der Waals surface area contributed by atoms with Gasteiger partial charge in [0.2, 0.25) is 0 Å². The number of nitrogens with one attached hydrogen (secondary N) is 1. The lowest BCUT2D eigenvalue weighted by atomic mass is 10.2. The number of anilines is 1. The number of alkyl halides is 3. The van der Waals surface area contributed by atoms with Gasteiger partial charge in [-0.2, -0.15) is 13.2 Å². The number of carbonyl (C=O) groups is 1. The zero-order valence-corrected chi connectivity index (χ0v) is 9.68. The van der Waals surface area contributed by atoms with E-state index in [0.29, 0.717) is 4.88 Å². The Bertz CT molecular complexity index is 552. The van der Waals surface area contributed by atoms with E-state index in [9.17, 15) is 18.0 Å². The van der Waals surface area contributed by atoms with Crippen LogP contribution in [0.2, 0.25) is 0 Å². The van der Waals surface area contributed by atoms with Gasteiger partial charge in [0.1, 0.15) is 4.88 Å². The monoisotopic (exact) mass is 272 g/mol. The minimum atomic E-state index is -4.43. The van der Waals surface area contributed by atoms with Crippen LogP contribution in [0.4, 0.5) is 18.9 Å². The van der Waals surface area contributed by atoms with Gasteiger partial charge in [-0.25, -0.2) is 4.37 Å². The van der Waals surface area contributed by atoms with Crippen molar-refractivity contribution in [2.24, 2.45) is 0 Å². The maximum atomic E-state index is 12.5. The van der Waals surface area contributed by atoms with Gasteiger partial charge in [0.05, 0.1) is 5.56 Å². The number of benzene rings is 1. The van der Waals surface area contributed by atoms with E-state index in [2.05, 4.69) is 9.69 Å². The molecule has 18 heavy (non-hydrogen) atoms. The SMILES string of the molecule is O=C(Nc1cccc(C(F)(F)F)c1)c1ccns1. The van der Waals surface area contributed by atoms with Crippen LogP contribution in [0.25, 0.3) is 0 Å². The summed E-state index contributed by atoms with van der Waals surface area (Å²) in [5.41, 5.74) is -0.701. The minimum absolute atomic E-state index is 0.100. The van der Waals surface area contributed by atoms with Gasteiger partial charge in [0.25, 0.3) is 5.91 Å². The summed E-state index contributed by atoms with van der Waals surface area (Å²) in [5.74, 6) is -0.475. The van der Waals surface area contributed by atoms with Crippen LogP contribution >= 0.6 is 11.5 Å². The lowest BCUT2D eigenvalue weighted by Crippen LogP contribution is -2.11. The van der Waals surface area contributed by atoms with E-state index < -0.39 is 17.6 Å². The number of nitrogens with zero attached hydrogens (tertiary/aromatic N) is 1. The summed E-state index contributed by atoms with van der Waals surface area (Å²) in [6.45, 7) is 0. The molecule has 94 valence electrons. The Morgan fingerprint density at radius 2 is 2.06 bits per heavy atom. The van der Waals surface area contributed by atoms with Gasteiger partial charge in [-0.3, -0.25) is 4.79 Å². The van der Waals surface area contributed by atoms with Crippen LogP contribution in [0, 0.1) is 0 Å². The average Bonchev–Trinajstić information content (AvgIpc) is 2.81. The second-order valence-electron chi connectivity index (χ2n) is 3.41. The molecule has 1 N–H and O–H groups in total. The maximum Gasteiger partial charge on any atom is 0.416 e. The van der Waals surface area contributed by atoms with Crippen molar-refractivity contribution in [3.63, 3.8) is 0 Å². The number of rotatable bonds is 2. The largest absolute Gasteiger partial charge is 0.416 e. The van der Waals surface area contributed by atoms with Crippen LogP contribution in [-0.2, 0) is 6.18 Å². The molecule has 3 nitrogen and oxygen atoms in total. The zero-order valence-electron chi connectivity index (χ0n) is 8.86. The number of hydrogen-bond acceptors (Lipinski definition) is 3. The number of amides is 1. The molecular formula is C11H7F3N2OS. The molecule has 0 aliphatic heterocycles. The van der Waals surface area contributed by atoms with Crippen LogP contribution in [0.1, 0.15) is 15.2 Å². The third-order valence-corrected chi connectivity index (χ3v) is 2.85. The Kier molecular flexibility index (Phi) is 3.33. The molecule has 1 amide bonds. The number of halogens is 3. The van der Waals surface area contributed by atoms with Crippen molar-refractivity contribution in [3.05, 3.63) is 47.0 Å². The van der Waals surface area contributed by atoms with Gasteiger partial charge in [0.15, 0.2) is 0 Å². The first-order chi connectivity index (χ1) is 8.47. The molecular weight excluding hydrogens is 265 g/mol. The van der Waals surface area contributed by atoms with Crippen molar-refractivity contribution in [1.29, 1.82) is 0 Å². The Labute approximate surface area is 104 Å². The Balaban J connectivity index is 2.18. The lowest BCUT2D eigenvalue weighted by Gasteiger charge is -2.09. The van der Waals surface area contributed by atoms with Crippen LogP contribution in [0.5, 0.6) is 0 Å². The maximum absolute atomic E-state index is 12.5. The van der Waals surface area contributed by atoms with E-state index in [1.807, 2.05) is 0 Å². The highest BCUT2D eigenvalue weighted by molar-refractivity contribution is 7.08. The van der Waals surface area contributed by atoms with Gasteiger partial charge in [-0.1, -0.05) is 6.07 Å². The summed E-state index contributed by atoms with van der Waals surface area (Å²) in [6, 6.07) is 5.97. The summed E-state index contributed by atoms with van der Waals surface area (Å²) in [7, 11) is 0. The smallest absolute Gasteiger partial charge is 0.321 e. The molecule has 1 aromatic carbocycles. The predicted octanol–water partition coefficient (Wildman–Crippen LogP) is 3.41. The normalized spacial score (nSPS) is 11.3. The van der Waals surface area contributed by atoms with Crippen LogP contribution in [0.15, 0.2) is 36.5 Å². The highest BCUT2D eigenvalue weighted by Crippen LogP contribution is 2.30. The summed E-state index contributed by atoms with van der Waals surface area (Å²) < 4.78 is 41.1. The first-order valence-electron chi connectivity index (χ1n) is 4.86. The quantitative estimate of drug-likeness (QED) is 0.910. The van der Waals surface area contributed by atoms with Gasteiger partial charge < -0.3 is 5.32 Å². The van der Waals surface area contributed by atoms with Crippen molar-refractivity contribution in [2.75, 3.05) is 5.32 Å². The molecule has 0 spiro atoms. The fourth-order valence-corrected chi connectivity index (χ4v) is 1.79. The molecule has 0 fully saturated rings. The standard InChI is InChI=1S/C11H7F3N2OS/c12-11(13,14)7-2-1-3-8(6-7)16-10(17)9-4-5-15-18-9/h1-6H,(H,16,17). The molecule has 1 aromatic heterocycles. The van der Waals surface area contributed by atoms with E-state index in [1.54, 1.807) is 0 Å². The third kappa shape index (κ3) is 2.86. The molecule has 2 aromatic rings. The van der Waals surface area contributed by atoms with Crippen LogP contribution in [0.3, 0.4) is 0 Å². The predicted molar refractivity (Wildman–Crippen MR) is 61.5 cm³/mol. The molecule has 0 aliphatic rings. The molecule has 0 atom stereocenters. The van der Waals surface area contributed by atoms with Crippen molar-refractivity contribution in [3.8, 4) is 0 Å². The second kappa shape index (κ2) is 4.77. The van der Waals surface area contributed by atoms with Crippen LogP contribution < -0.4 is 5.32 Å². The molecule has 0 saturated heterocycles. The number of carbonyl (C=O) groups excluding carboxylic acids is 1. The molecule has 0 radical (unpaired) electrons. The Morgan fingerprint density at radius 1 is 1.28 bits per heavy atom. The van der Waals surface area contributed by atoms with Crippen molar-refractivity contribution in [2.45, 2.75) is 6.18 Å².